The summed E-state index contributed by atoms with van der Waals surface area (Å²) in [5.74, 6) is 0.936. The normalized spacial score (nSPS) is 13.6. The third-order valence-electron chi connectivity index (χ3n) is 4.42. The van der Waals surface area contributed by atoms with E-state index in [2.05, 4.69) is 4.72 Å². The lowest BCUT2D eigenvalue weighted by atomic mass is 10.3. The van der Waals surface area contributed by atoms with Crippen LogP contribution in [0.1, 0.15) is 0 Å². The summed E-state index contributed by atoms with van der Waals surface area (Å²) in [5.41, 5.74) is 0.252. The number of anilines is 1. The van der Waals surface area contributed by atoms with Gasteiger partial charge in [-0.1, -0.05) is 29.3 Å². The van der Waals surface area contributed by atoms with E-state index in [1.165, 1.54) is 48.5 Å². The van der Waals surface area contributed by atoms with Crippen molar-refractivity contribution in [1.82, 2.24) is 0 Å². The van der Waals surface area contributed by atoms with Crippen LogP contribution in [0.2, 0.25) is 10.0 Å². The molecule has 0 spiro atoms. The quantitative estimate of drug-likeness (QED) is 0.558. The number of ether oxygens (including phenoxy) is 2. The number of sulfonamides is 1. The number of halogens is 2. The summed E-state index contributed by atoms with van der Waals surface area (Å²) in [6.45, 7) is 0.774. The number of rotatable bonds is 5. The minimum absolute atomic E-state index is 0.0757. The van der Waals surface area contributed by atoms with Crippen molar-refractivity contribution < 1.29 is 26.3 Å². The van der Waals surface area contributed by atoms with Crippen molar-refractivity contribution in [3.63, 3.8) is 0 Å². The summed E-state index contributed by atoms with van der Waals surface area (Å²) in [6.07, 6.45) is 0. The molecule has 0 unspecified atom stereocenters. The number of fused-ring (bicyclic) bond motifs is 1. The van der Waals surface area contributed by atoms with Gasteiger partial charge in [0.25, 0.3) is 10.0 Å². The van der Waals surface area contributed by atoms with Gasteiger partial charge < -0.3 is 9.47 Å². The lowest BCUT2D eigenvalue weighted by Crippen LogP contribution is -2.17. The van der Waals surface area contributed by atoms with Crippen molar-refractivity contribution in [3.8, 4) is 11.5 Å². The largest absolute Gasteiger partial charge is 0.486 e. The van der Waals surface area contributed by atoms with Crippen LogP contribution >= 0.6 is 23.2 Å². The molecule has 0 amide bonds. The molecule has 0 atom stereocenters. The maximum Gasteiger partial charge on any atom is 0.261 e. The average Bonchev–Trinajstić information content (AvgIpc) is 2.75. The number of sulfone groups is 1. The standard InChI is InChI=1S/C20H15Cl2NO6S2/c21-17-6-5-15(12-18(17)22)30(24,25)14-2-1-3-16(11-14)31(26,27)23-13-4-7-19-20(10-13)29-9-8-28-19/h1-7,10-12,23H,8-9H2. The zero-order valence-electron chi connectivity index (χ0n) is 15.7. The third-order valence-corrected chi connectivity index (χ3v) is 8.29. The van der Waals surface area contributed by atoms with Crippen molar-refractivity contribution in [3.05, 3.63) is 70.7 Å². The first-order valence-corrected chi connectivity index (χ1v) is 12.6. The molecule has 31 heavy (non-hydrogen) atoms. The van der Waals surface area contributed by atoms with E-state index in [-0.39, 0.29) is 30.4 Å². The van der Waals surface area contributed by atoms with E-state index in [9.17, 15) is 16.8 Å². The van der Waals surface area contributed by atoms with Gasteiger partial charge in [0, 0.05) is 6.07 Å². The van der Waals surface area contributed by atoms with Gasteiger partial charge in [-0.3, -0.25) is 4.72 Å². The fourth-order valence-electron chi connectivity index (χ4n) is 2.91. The van der Waals surface area contributed by atoms with E-state index >= 15 is 0 Å². The Morgan fingerprint density at radius 2 is 1.39 bits per heavy atom. The van der Waals surface area contributed by atoms with Crippen LogP contribution in [0.5, 0.6) is 11.5 Å². The van der Waals surface area contributed by atoms with Gasteiger partial charge in [0.05, 0.1) is 30.4 Å². The summed E-state index contributed by atoms with van der Waals surface area (Å²) in [7, 11) is -8.10. The Kier molecular flexibility index (Phi) is 5.78. The molecule has 0 aliphatic carbocycles. The SMILES string of the molecule is O=S(=O)(Nc1ccc2c(c1)OCCO2)c1cccc(S(=O)(=O)c2ccc(Cl)c(Cl)c2)c1. The smallest absolute Gasteiger partial charge is 0.261 e. The molecule has 0 saturated heterocycles. The molecular formula is C20H15Cl2NO6S2. The zero-order valence-corrected chi connectivity index (χ0v) is 18.9. The minimum atomic E-state index is -4.08. The molecule has 0 fully saturated rings. The predicted octanol–water partition coefficient (Wildman–Crippen LogP) is 4.40. The molecule has 162 valence electrons. The van der Waals surface area contributed by atoms with Gasteiger partial charge >= 0.3 is 0 Å². The first kappa shape index (κ1) is 21.8. The van der Waals surface area contributed by atoms with Crippen LogP contribution in [0.4, 0.5) is 5.69 Å². The molecule has 0 bridgehead atoms. The van der Waals surface area contributed by atoms with Crippen LogP contribution < -0.4 is 14.2 Å². The Bertz CT molecular complexity index is 1370. The highest BCUT2D eigenvalue weighted by atomic mass is 35.5. The average molecular weight is 500 g/mol. The Balaban J connectivity index is 1.66. The van der Waals surface area contributed by atoms with Crippen molar-refractivity contribution >= 4 is 48.7 Å². The van der Waals surface area contributed by atoms with Crippen LogP contribution in [0.15, 0.2) is 75.4 Å². The summed E-state index contributed by atoms with van der Waals surface area (Å²) in [4.78, 5) is -0.518. The maximum absolute atomic E-state index is 12.9. The van der Waals surface area contributed by atoms with Crippen LogP contribution in [0, 0.1) is 0 Å². The van der Waals surface area contributed by atoms with E-state index in [0.29, 0.717) is 24.7 Å². The topological polar surface area (TPSA) is 98.8 Å². The first-order chi connectivity index (χ1) is 14.7. The molecule has 1 aliphatic rings. The summed E-state index contributed by atoms with van der Waals surface area (Å²) >= 11 is 11.8. The van der Waals surface area contributed by atoms with Crippen LogP contribution in [-0.2, 0) is 19.9 Å². The van der Waals surface area contributed by atoms with Gasteiger partial charge in [0.15, 0.2) is 11.5 Å². The zero-order chi connectivity index (χ0) is 22.2. The Morgan fingerprint density at radius 1 is 0.710 bits per heavy atom. The molecule has 4 rings (SSSR count). The molecule has 0 radical (unpaired) electrons. The minimum Gasteiger partial charge on any atom is -0.486 e. The molecule has 0 aromatic heterocycles. The number of benzene rings is 3. The molecule has 1 heterocycles. The predicted molar refractivity (Wildman–Crippen MR) is 117 cm³/mol. The highest BCUT2D eigenvalue weighted by Gasteiger charge is 2.23. The van der Waals surface area contributed by atoms with Crippen LogP contribution in [-0.4, -0.2) is 30.0 Å². The molecular weight excluding hydrogens is 485 g/mol. The second-order valence-electron chi connectivity index (χ2n) is 6.52. The van der Waals surface area contributed by atoms with Crippen molar-refractivity contribution in [2.75, 3.05) is 17.9 Å². The lowest BCUT2D eigenvalue weighted by Gasteiger charge is -2.19. The van der Waals surface area contributed by atoms with Crippen molar-refractivity contribution in [2.45, 2.75) is 14.7 Å². The fourth-order valence-corrected chi connectivity index (χ4v) is 5.77. The van der Waals surface area contributed by atoms with E-state index in [1.54, 1.807) is 6.07 Å². The summed E-state index contributed by atoms with van der Waals surface area (Å²) in [5, 5.41) is 0.285. The molecule has 7 nitrogen and oxygen atoms in total. The van der Waals surface area contributed by atoms with Gasteiger partial charge in [0.1, 0.15) is 13.2 Å². The third kappa shape index (κ3) is 4.45. The molecule has 0 saturated carbocycles. The maximum atomic E-state index is 12.9. The molecule has 3 aromatic carbocycles. The van der Waals surface area contributed by atoms with Gasteiger partial charge in [-0.25, -0.2) is 16.8 Å². The Morgan fingerprint density at radius 3 is 2.13 bits per heavy atom. The molecule has 1 N–H and O–H groups in total. The Labute approximate surface area is 189 Å². The molecule has 1 aliphatic heterocycles. The highest BCUT2D eigenvalue weighted by Crippen LogP contribution is 2.34. The first-order valence-electron chi connectivity index (χ1n) is 8.89. The van der Waals surface area contributed by atoms with Crippen molar-refractivity contribution in [1.29, 1.82) is 0 Å². The lowest BCUT2D eigenvalue weighted by molar-refractivity contribution is 0.171. The highest BCUT2D eigenvalue weighted by molar-refractivity contribution is 7.93. The van der Waals surface area contributed by atoms with E-state index < -0.39 is 19.9 Å². The molecule has 11 heteroatoms. The number of hydrogen-bond donors (Lipinski definition) is 1. The van der Waals surface area contributed by atoms with Gasteiger partial charge in [0.2, 0.25) is 9.84 Å². The molecule has 3 aromatic rings. The fraction of sp³-hybridized carbons (Fsp3) is 0.100. The van der Waals surface area contributed by atoms with Gasteiger partial charge in [-0.15, -0.1) is 0 Å². The number of nitrogens with one attached hydrogen (secondary N) is 1. The van der Waals surface area contributed by atoms with Crippen LogP contribution in [0.3, 0.4) is 0 Å². The second kappa shape index (κ2) is 8.23. The van der Waals surface area contributed by atoms with Gasteiger partial charge in [-0.2, -0.15) is 0 Å². The summed E-state index contributed by atoms with van der Waals surface area (Å²) < 4.78 is 64.9. The van der Waals surface area contributed by atoms with E-state index in [1.807, 2.05) is 0 Å². The Hall–Kier alpha value is -2.46. The van der Waals surface area contributed by atoms with E-state index in [0.717, 1.165) is 6.07 Å². The van der Waals surface area contributed by atoms with Crippen molar-refractivity contribution in [2.24, 2.45) is 0 Å². The number of hydrogen-bond acceptors (Lipinski definition) is 6. The van der Waals surface area contributed by atoms with Gasteiger partial charge in [-0.05, 0) is 48.5 Å². The van der Waals surface area contributed by atoms with E-state index in [4.69, 9.17) is 32.7 Å². The summed E-state index contributed by atoms with van der Waals surface area (Å²) in [6, 6.07) is 13.5. The van der Waals surface area contributed by atoms with Crippen LogP contribution in [0.25, 0.3) is 0 Å². The second-order valence-corrected chi connectivity index (χ2v) is 11.0. The monoisotopic (exact) mass is 499 g/mol.